The van der Waals surface area contributed by atoms with Crippen LogP contribution < -0.4 is 0 Å². The molecule has 0 spiro atoms. The van der Waals surface area contributed by atoms with Crippen LogP contribution in [0.3, 0.4) is 0 Å². The van der Waals surface area contributed by atoms with Gasteiger partial charge in [-0.1, -0.05) is 140 Å². The van der Waals surface area contributed by atoms with Gasteiger partial charge in [0.25, 0.3) is 0 Å². The Hall–Kier alpha value is -1.73. The van der Waals surface area contributed by atoms with Crippen LogP contribution in [0.25, 0.3) is 0 Å². The maximum atomic E-state index is 12.5. The number of unbranched alkanes of at least 4 members (excludes halogenated alkanes) is 20. The predicted octanol–water partition coefficient (Wildman–Crippen LogP) is 12.8. The average Bonchev–Trinajstić information content (AvgIpc) is 3.10. The Morgan fingerprint density at radius 3 is 1.41 bits per heavy atom. The van der Waals surface area contributed by atoms with Gasteiger partial charge in [-0.2, -0.15) is 0 Å². The third-order valence-electron chi connectivity index (χ3n) is 8.67. The average molecular weight is 741 g/mol. The summed E-state index contributed by atoms with van der Waals surface area (Å²) < 4.78 is 32.6. The molecule has 0 amide bonds. The number of allylic oxidation sites excluding steroid dienone is 6. The van der Waals surface area contributed by atoms with E-state index in [0.29, 0.717) is 6.42 Å². The van der Waals surface area contributed by atoms with Crippen LogP contribution >= 0.6 is 7.82 Å². The molecule has 0 aliphatic carbocycles. The zero-order valence-corrected chi connectivity index (χ0v) is 33.9. The molecule has 0 radical (unpaired) electrons. The molecule has 298 valence electrons. The fourth-order valence-electron chi connectivity index (χ4n) is 5.59. The van der Waals surface area contributed by atoms with Crippen molar-refractivity contribution in [3.63, 3.8) is 0 Å². The fourth-order valence-corrected chi connectivity index (χ4v) is 6.35. The smallest absolute Gasteiger partial charge is 0.462 e. The van der Waals surface area contributed by atoms with E-state index < -0.39 is 26.5 Å². The summed E-state index contributed by atoms with van der Waals surface area (Å²) in [6.07, 6.45) is 41.9. The summed E-state index contributed by atoms with van der Waals surface area (Å²) in [5, 5.41) is 0. The van der Waals surface area contributed by atoms with Crippen LogP contribution in [0.4, 0.5) is 0 Å². The molecule has 0 saturated carbocycles. The van der Waals surface area contributed by atoms with Crippen molar-refractivity contribution in [2.24, 2.45) is 0 Å². The summed E-state index contributed by atoms with van der Waals surface area (Å²) in [6, 6.07) is 0. The molecule has 51 heavy (non-hydrogen) atoms. The Labute approximate surface area is 313 Å². The lowest BCUT2D eigenvalue weighted by molar-refractivity contribution is -0.161. The van der Waals surface area contributed by atoms with Crippen molar-refractivity contribution in [2.75, 3.05) is 19.8 Å². The van der Waals surface area contributed by atoms with Gasteiger partial charge in [0, 0.05) is 12.8 Å². The summed E-state index contributed by atoms with van der Waals surface area (Å²) in [7, 11) is -4.28. The van der Waals surface area contributed by atoms with E-state index in [1.165, 1.54) is 83.5 Å². The van der Waals surface area contributed by atoms with Crippen molar-refractivity contribution in [3.05, 3.63) is 36.5 Å². The van der Waals surface area contributed by atoms with Gasteiger partial charge in [0.2, 0.25) is 0 Å². The summed E-state index contributed by atoms with van der Waals surface area (Å²) in [6.45, 7) is 5.42. The van der Waals surface area contributed by atoms with E-state index in [9.17, 15) is 19.0 Å². The SMILES string of the molecule is CCCCCC/C=C\C/C=C\CCCCCCCCCC(=O)OC(COC(=O)CCCCCCC/C=C\CCCCCC)COP(=O)(O)OCC. The van der Waals surface area contributed by atoms with E-state index in [1.807, 2.05) is 0 Å². The van der Waals surface area contributed by atoms with E-state index in [0.717, 1.165) is 70.6 Å². The molecule has 0 bridgehead atoms. The van der Waals surface area contributed by atoms with Crippen LogP contribution in [0, 0.1) is 0 Å². The lowest BCUT2D eigenvalue weighted by Crippen LogP contribution is -2.29. The van der Waals surface area contributed by atoms with Crippen molar-refractivity contribution in [1.82, 2.24) is 0 Å². The first-order valence-electron chi connectivity index (χ1n) is 20.8. The molecule has 2 unspecified atom stereocenters. The van der Waals surface area contributed by atoms with Crippen molar-refractivity contribution >= 4 is 19.8 Å². The van der Waals surface area contributed by atoms with Crippen LogP contribution in [-0.4, -0.2) is 42.8 Å². The predicted molar refractivity (Wildman–Crippen MR) is 212 cm³/mol. The molecule has 0 aromatic heterocycles. The number of phosphoric ester groups is 1. The highest BCUT2D eigenvalue weighted by Crippen LogP contribution is 2.43. The largest absolute Gasteiger partial charge is 0.472 e. The third-order valence-corrected chi connectivity index (χ3v) is 9.73. The molecular weight excluding hydrogens is 663 g/mol. The molecule has 2 atom stereocenters. The summed E-state index contributed by atoms with van der Waals surface area (Å²) in [4.78, 5) is 34.7. The van der Waals surface area contributed by atoms with Gasteiger partial charge in [-0.05, 0) is 77.6 Å². The summed E-state index contributed by atoms with van der Waals surface area (Å²) >= 11 is 0. The minimum Gasteiger partial charge on any atom is -0.462 e. The van der Waals surface area contributed by atoms with Crippen molar-refractivity contribution in [3.8, 4) is 0 Å². The van der Waals surface area contributed by atoms with Crippen molar-refractivity contribution in [2.45, 2.75) is 200 Å². The van der Waals surface area contributed by atoms with Gasteiger partial charge < -0.3 is 14.4 Å². The van der Waals surface area contributed by atoms with Crippen LogP contribution in [0.15, 0.2) is 36.5 Å². The number of carbonyl (C=O) groups is 2. The molecule has 0 saturated heterocycles. The Morgan fingerprint density at radius 1 is 0.529 bits per heavy atom. The normalized spacial score (nSPS) is 13.7. The topological polar surface area (TPSA) is 108 Å². The molecule has 0 rings (SSSR count). The number of rotatable bonds is 38. The second-order valence-corrected chi connectivity index (χ2v) is 15.1. The van der Waals surface area contributed by atoms with Gasteiger partial charge in [-0.3, -0.25) is 18.6 Å². The van der Waals surface area contributed by atoms with Gasteiger partial charge >= 0.3 is 19.8 Å². The highest BCUT2D eigenvalue weighted by Gasteiger charge is 2.25. The quantitative estimate of drug-likeness (QED) is 0.0288. The maximum Gasteiger partial charge on any atom is 0.472 e. The lowest BCUT2D eigenvalue weighted by atomic mass is 10.1. The Kier molecular flexibility index (Phi) is 36.7. The lowest BCUT2D eigenvalue weighted by Gasteiger charge is -2.19. The van der Waals surface area contributed by atoms with E-state index in [4.69, 9.17) is 18.5 Å². The minimum absolute atomic E-state index is 0.00271. The number of hydrogen-bond donors (Lipinski definition) is 1. The van der Waals surface area contributed by atoms with Crippen molar-refractivity contribution in [1.29, 1.82) is 0 Å². The zero-order chi connectivity index (χ0) is 37.5. The molecule has 0 heterocycles. The molecule has 0 aromatic carbocycles. The number of hydrogen-bond acceptors (Lipinski definition) is 7. The highest BCUT2D eigenvalue weighted by atomic mass is 31.2. The Morgan fingerprint density at radius 2 is 0.941 bits per heavy atom. The first kappa shape index (κ1) is 49.3. The maximum absolute atomic E-state index is 12.5. The summed E-state index contributed by atoms with van der Waals surface area (Å²) in [5.41, 5.74) is 0. The van der Waals surface area contributed by atoms with Gasteiger partial charge in [-0.15, -0.1) is 0 Å². The second kappa shape index (κ2) is 38.0. The van der Waals surface area contributed by atoms with Gasteiger partial charge in [0.1, 0.15) is 6.61 Å². The number of phosphoric acid groups is 1. The number of ether oxygens (including phenoxy) is 2. The molecule has 1 N–H and O–H groups in total. The van der Waals surface area contributed by atoms with Gasteiger partial charge in [-0.25, -0.2) is 4.57 Å². The molecule has 0 fully saturated rings. The van der Waals surface area contributed by atoms with E-state index in [2.05, 4.69) is 50.3 Å². The standard InChI is InChI=1S/C42H77O8P/c1-4-7-9-11-13-15-17-19-20-21-22-23-25-27-29-31-33-35-37-42(44)50-40(39-49-51(45,46)48-6-3)38-47-41(43)36-34-32-30-28-26-24-18-16-14-12-10-8-5-2/h15-18,20-21,40H,4-14,19,22-39H2,1-3H3,(H,45,46)/b17-15-,18-16-,21-20-. The van der Waals surface area contributed by atoms with Crippen LogP contribution in [0.5, 0.6) is 0 Å². The second-order valence-electron chi connectivity index (χ2n) is 13.6. The number of carbonyl (C=O) groups excluding carboxylic acids is 2. The van der Waals surface area contributed by atoms with Crippen LogP contribution in [-0.2, 0) is 32.7 Å². The molecule has 0 aliphatic rings. The fraction of sp³-hybridized carbons (Fsp3) is 0.810. The first-order chi connectivity index (χ1) is 24.8. The molecule has 8 nitrogen and oxygen atoms in total. The number of esters is 2. The van der Waals surface area contributed by atoms with Gasteiger partial charge in [0.05, 0.1) is 13.2 Å². The highest BCUT2D eigenvalue weighted by molar-refractivity contribution is 7.47. The van der Waals surface area contributed by atoms with Crippen LogP contribution in [0.1, 0.15) is 194 Å². The first-order valence-corrected chi connectivity index (χ1v) is 22.3. The summed E-state index contributed by atoms with van der Waals surface area (Å²) in [5.74, 6) is -0.816. The van der Waals surface area contributed by atoms with Crippen molar-refractivity contribution < 1.29 is 37.6 Å². The monoisotopic (exact) mass is 741 g/mol. The van der Waals surface area contributed by atoms with Gasteiger partial charge in [0.15, 0.2) is 6.10 Å². The third kappa shape index (κ3) is 37.8. The molecule has 0 aliphatic heterocycles. The molecule has 0 aromatic rings. The van der Waals surface area contributed by atoms with E-state index in [1.54, 1.807) is 6.92 Å². The van der Waals surface area contributed by atoms with E-state index >= 15 is 0 Å². The minimum atomic E-state index is -4.28. The molecular formula is C42H77O8P. The van der Waals surface area contributed by atoms with E-state index in [-0.39, 0.29) is 32.0 Å². The van der Waals surface area contributed by atoms with Crippen LogP contribution in [0.2, 0.25) is 0 Å². The Balaban J connectivity index is 4.12. The Bertz CT molecular complexity index is 932. The molecule has 9 heteroatoms. The zero-order valence-electron chi connectivity index (χ0n) is 33.0.